The van der Waals surface area contributed by atoms with Gasteiger partial charge in [-0.15, -0.1) is 0 Å². The van der Waals surface area contributed by atoms with Gasteiger partial charge in [0, 0.05) is 58.4 Å². The Labute approximate surface area is 220 Å². The Morgan fingerprint density at radius 1 is 1.00 bits per heavy atom. The predicted molar refractivity (Wildman–Crippen MR) is 139 cm³/mol. The van der Waals surface area contributed by atoms with Gasteiger partial charge < -0.3 is 19.5 Å². The first-order valence-corrected chi connectivity index (χ1v) is 12.4. The third kappa shape index (κ3) is 6.85. The molecule has 1 aliphatic heterocycles. The van der Waals surface area contributed by atoms with Crippen LogP contribution in [0.4, 0.5) is 19.4 Å². The first-order chi connectivity index (χ1) is 18.4. The Balaban J connectivity index is 1.42. The number of ether oxygens (including phenoxy) is 3. The van der Waals surface area contributed by atoms with Crippen molar-refractivity contribution < 1.29 is 27.8 Å². The Hall–Kier alpha value is -3.54. The minimum absolute atomic E-state index is 0.209. The van der Waals surface area contributed by atoms with E-state index in [0.717, 1.165) is 17.4 Å². The minimum Gasteiger partial charge on any atom is -0.491 e. The van der Waals surface area contributed by atoms with Gasteiger partial charge in [-0.3, -0.25) is 14.9 Å². The molecule has 1 saturated heterocycles. The topological polar surface area (TPSA) is 89.9 Å². The van der Waals surface area contributed by atoms with Crippen molar-refractivity contribution in [2.45, 2.75) is 12.0 Å². The number of rotatable bonds is 11. The number of nitrogens with zero attached hydrogens (tertiary/aromatic N) is 3. The molecule has 0 aliphatic carbocycles. The maximum Gasteiger partial charge on any atom is 0.320 e. The summed E-state index contributed by atoms with van der Waals surface area (Å²) in [6.45, 7) is 3.30. The molecule has 0 saturated carbocycles. The number of urea groups is 1. The molecule has 11 heteroatoms. The quantitative estimate of drug-likeness (QED) is 0.369. The number of halogens is 2. The smallest absolute Gasteiger partial charge is 0.320 e. The highest BCUT2D eigenvalue weighted by molar-refractivity contribution is 5.89. The van der Waals surface area contributed by atoms with Crippen molar-refractivity contribution >= 4 is 11.8 Å². The molecule has 1 fully saturated rings. The van der Waals surface area contributed by atoms with Gasteiger partial charge in [-0.2, -0.15) is 5.10 Å². The first kappa shape index (κ1) is 27.5. The van der Waals surface area contributed by atoms with Crippen LogP contribution in [0.2, 0.25) is 0 Å². The number of carbonyl (C=O) groups excluding carboxylic acids is 1. The van der Waals surface area contributed by atoms with E-state index >= 15 is 0 Å². The number of carbonyl (C=O) groups is 1. The van der Waals surface area contributed by atoms with Crippen LogP contribution >= 0.6 is 0 Å². The Kier molecular flexibility index (Phi) is 9.27. The second-order valence-corrected chi connectivity index (χ2v) is 9.14. The SMILES string of the molecule is COCCOc1ccc(-c2cc(NC(=O)N[C@@H]3CN(CCOC)C[C@H]3c3ccc(F)c(F)c3)n(C)n2)cc1. The van der Waals surface area contributed by atoms with Gasteiger partial charge >= 0.3 is 6.03 Å². The third-order valence-electron chi connectivity index (χ3n) is 6.52. The minimum atomic E-state index is -0.905. The molecule has 2 heterocycles. The largest absolute Gasteiger partial charge is 0.491 e. The molecule has 9 nitrogen and oxygen atoms in total. The van der Waals surface area contributed by atoms with E-state index in [1.54, 1.807) is 38.1 Å². The van der Waals surface area contributed by atoms with Gasteiger partial charge in [-0.25, -0.2) is 13.6 Å². The molecule has 2 amide bonds. The predicted octanol–water partition coefficient (Wildman–Crippen LogP) is 3.63. The Morgan fingerprint density at radius 2 is 1.76 bits per heavy atom. The van der Waals surface area contributed by atoms with Crippen LogP contribution in [0, 0.1) is 11.6 Å². The summed E-state index contributed by atoms with van der Waals surface area (Å²) >= 11 is 0. The second-order valence-electron chi connectivity index (χ2n) is 9.14. The van der Waals surface area contributed by atoms with Gasteiger partial charge in [0.25, 0.3) is 0 Å². The van der Waals surface area contributed by atoms with E-state index in [0.29, 0.717) is 56.5 Å². The molecule has 0 spiro atoms. The zero-order valence-corrected chi connectivity index (χ0v) is 21.7. The van der Waals surface area contributed by atoms with Crippen molar-refractivity contribution in [2.24, 2.45) is 7.05 Å². The van der Waals surface area contributed by atoms with E-state index in [4.69, 9.17) is 14.2 Å². The monoisotopic (exact) mass is 529 g/mol. The van der Waals surface area contributed by atoms with Gasteiger partial charge in [0.1, 0.15) is 18.2 Å². The van der Waals surface area contributed by atoms with Crippen molar-refractivity contribution in [3.05, 3.63) is 65.7 Å². The Bertz CT molecular complexity index is 1220. The van der Waals surface area contributed by atoms with Crippen LogP contribution in [0.3, 0.4) is 0 Å². The average molecular weight is 530 g/mol. The number of likely N-dealkylation sites (tertiary alicyclic amines) is 1. The lowest BCUT2D eigenvalue weighted by Crippen LogP contribution is -2.42. The standard InChI is InChI=1S/C27H33F2N5O4/c1-33-26(15-24(32-33)18-4-7-20(8-5-18)38-13-12-37-3)31-27(35)30-25-17-34(10-11-36-2)16-21(25)19-6-9-22(28)23(29)14-19/h4-9,14-15,21,25H,10-13,16-17H2,1-3H3,(H2,30,31,35)/t21-,25+/m0/s1. The summed E-state index contributed by atoms with van der Waals surface area (Å²) in [4.78, 5) is 15.1. The van der Waals surface area contributed by atoms with E-state index in [9.17, 15) is 13.6 Å². The lowest BCUT2D eigenvalue weighted by atomic mass is 9.94. The normalized spacial score (nSPS) is 17.5. The van der Waals surface area contributed by atoms with Gasteiger partial charge in [-0.1, -0.05) is 6.07 Å². The lowest BCUT2D eigenvalue weighted by molar-refractivity contribution is 0.146. The number of aryl methyl sites for hydroxylation is 1. The number of methoxy groups -OCH3 is 2. The maximum absolute atomic E-state index is 14.0. The molecular formula is C27H33F2N5O4. The summed E-state index contributed by atoms with van der Waals surface area (Å²) in [6, 6.07) is 12.5. The molecule has 38 heavy (non-hydrogen) atoms. The number of benzene rings is 2. The highest BCUT2D eigenvalue weighted by Crippen LogP contribution is 2.29. The van der Waals surface area contributed by atoms with Gasteiger partial charge in [-0.05, 0) is 42.0 Å². The van der Waals surface area contributed by atoms with E-state index in [-0.39, 0.29) is 12.0 Å². The van der Waals surface area contributed by atoms with E-state index < -0.39 is 17.7 Å². The van der Waals surface area contributed by atoms with Crippen LogP contribution in [0.5, 0.6) is 5.75 Å². The summed E-state index contributed by atoms with van der Waals surface area (Å²) < 4.78 is 44.8. The van der Waals surface area contributed by atoms with Gasteiger partial charge in [0.05, 0.1) is 24.9 Å². The Morgan fingerprint density at radius 3 is 2.47 bits per heavy atom. The maximum atomic E-state index is 14.0. The molecule has 3 aromatic rings. The fourth-order valence-corrected chi connectivity index (χ4v) is 4.53. The molecule has 2 N–H and O–H groups in total. The summed E-state index contributed by atoms with van der Waals surface area (Å²) in [5.41, 5.74) is 2.19. The fraction of sp³-hybridized carbons (Fsp3) is 0.407. The number of amides is 2. The molecule has 0 unspecified atom stereocenters. The second kappa shape index (κ2) is 12.8. The van der Waals surface area contributed by atoms with Crippen LogP contribution in [-0.4, -0.2) is 80.4 Å². The molecule has 1 aromatic heterocycles. The van der Waals surface area contributed by atoms with Gasteiger partial charge in [0.2, 0.25) is 0 Å². The first-order valence-electron chi connectivity index (χ1n) is 12.4. The van der Waals surface area contributed by atoms with E-state index in [1.807, 2.05) is 24.3 Å². The van der Waals surface area contributed by atoms with Gasteiger partial charge in [0.15, 0.2) is 11.6 Å². The van der Waals surface area contributed by atoms with Crippen molar-refractivity contribution in [3.63, 3.8) is 0 Å². The van der Waals surface area contributed by atoms with E-state index in [1.165, 1.54) is 6.07 Å². The fourth-order valence-electron chi connectivity index (χ4n) is 4.53. The van der Waals surface area contributed by atoms with E-state index in [2.05, 4.69) is 20.6 Å². The highest BCUT2D eigenvalue weighted by atomic mass is 19.2. The summed E-state index contributed by atoms with van der Waals surface area (Å²) in [7, 11) is 4.99. The zero-order chi connectivity index (χ0) is 27.1. The van der Waals surface area contributed by atoms with Crippen molar-refractivity contribution in [3.8, 4) is 17.0 Å². The van der Waals surface area contributed by atoms with Crippen LogP contribution < -0.4 is 15.4 Å². The third-order valence-corrected chi connectivity index (χ3v) is 6.52. The van der Waals surface area contributed by atoms with Crippen molar-refractivity contribution in [1.82, 2.24) is 20.0 Å². The number of hydrogen-bond donors (Lipinski definition) is 2. The van der Waals surface area contributed by atoms with Crippen LogP contribution in [0.25, 0.3) is 11.3 Å². The zero-order valence-electron chi connectivity index (χ0n) is 21.7. The summed E-state index contributed by atoms with van der Waals surface area (Å²) in [5.74, 6) is -0.773. The molecule has 0 radical (unpaired) electrons. The van der Waals surface area contributed by atoms with Crippen LogP contribution in [0.1, 0.15) is 11.5 Å². The molecule has 2 aromatic carbocycles. The molecule has 1 aliphatic rings. The summed E-state index contributed by atoms with van der Waals surface area (Å²) in [6.07, 6.45) is 0. The number of aromatic nitrogens is 2. The van der Waals surface area contributed by atoms with Crippen LogP contribution in [0.15, 0.2) is 48.5 Å². The highest BCUT2D eigenvalue weighted by Gasteiger charge is 2.35. The number of nitrogens with one attached hydrogen (secondary N) is 2. The summed E-state index contributed by atoms with van der Waals surface area (Å²) in [5, 5.41) is 10.4. The molecular weight excluding hydrogens is 496 g/mol. The van der Waals surface area contributed by atoms with Crippen molar-refractivity contribution in [1.29, 1.82) is 0 Å². The van der Waals surface area contributed by atoms with Crippen LogP contribution in [-0.2, 0) is 16.5 Å². The average Bonchev–Trinajstić information content (AvgIpc) is 3.47. The molecule has 204 valence electrons. The number of anilines is 1. The number of hydrogen-bond acceptors (Lipinski definition) is 6. The molecule has 2 atom stereocenters. The lowest BCUT2D eigenvalue weighted by Gasteiger charge is -2.20. The van der Waals surface area contributed by atoms with Crippen molar-refractivity contribution in [2.75, 3.05) is 59.0 Å². The molecule has 4 rings (SSSR count). The molecule has 0 bridgehead atoms.